The first kappa shape index (κ1) is 14.1. The van der Waals surface area contributed by atoms with E-state index in [0.717, 1.165) is 17.0 Å². The molecular weight excluding hydrogens is 232 g/mol. The van der Waals surface area contributed by atoms with Gasteiger partial charge in [-0.1, -0.05) is 26.3 Å². The number of carbonyl (C=O) groups excluding carboxylic acids is 1. The van der Waals surface area contributed by atoms with Gasteiger partial charge in [0.1, 0.15) is 0 Å². The Hall–Kier alpha value is -1.00. The van der Waals surface area contributed by atoms with Gasteiger partial charge in [0.25, 0.3) is 0 Å². The summed E-state index contributed by atoms with van der Waals surface area (Å²) in [6.45, 7) is 4.02. The average Bonchev–Trinajstić information content (AvgIpc) is 2.37. The highest BCUT2D eigenvalue weighted by Gasteiger charge is 2.19. The maximum Gasteiger partial charge on any atom is 0.241 e. The zero-order valence-corrected chi connectivity index (χ0v) is 11.4. The normalized spacial score (nSPS) is 14.1. The van der Waals surface area contributed by atoms with Gasteiger partial charge in [0.05, 0.1) is 6.04 Å². The Balaban J connectivity index is 2.67. The number of anilines is 1. The van der Waals surface area contributed by atoms with Crippen molar-refractivity contribution in [1.29, 1.82) is 0 Å². The number of thioether (sulfide) groups is 1. The number of benzene rings is 1. The summed E-state index contributed by atoms with van der Waals surface area (Å²) in [4.78, 5) is 13.0. The van der Waals surface area contributed by atoms with Crippen molar-refractivity contribution >= 4 is 23.4 Å². The molecule has 2 atom stereocenters. The standard InChI is InChI=1S/C13H20N2OS/c1-4-9(2)12(14)13(16)15-10-6-5-7-11(8-10)17-3/h5-9,12H,4,14H2,1-3H3,(H,15,16)/t9?,12-/m0/s1. The number of amides is 1. The fourth-order valence-corrected chi connectivity index (χ4v) is 1.90. The van der Waals surface area contributed by atoms with Gasteiger partial charge in [0.15, 0.2) is 0 Å². The summed E-state index contributed by atoms with van der Waals surface area (Å²) < 4.78 is 0. The second-order valence-corrected chi connectivity index (χ2v) is 5.01. The van der Waals surface area contributed by atoms with Crippen molar-refractivity contribution in [2.75, 3.05) is 11.6 Å². The van der Waals surface area contributed by atoms with Crippen molar-refractivity contribution in [3.8, 4) is 0 Å². The van der Waals surface area contributed by atoms with Gasteiger partial charge in [-0.15, -0.1) is 11.8 Å². The second kappa shape index (κ2) is 6.67. The third-order valence-corrected chi connectivity index (χ3v) is 3.62. The van der Waals surface area contributed by atoms with Gasteiger partial charge in [-0.2, -0.15) is 0 Å². The van der Waals surface area contributed by atoms with Crippen LogP contribution in [0.25, 0.3) is 0 Å². The van der Waals surface area contributed by atoms with Gasteiger partial charge in [-0.05, 0) is 30.4 Å². The molecule has 0 spiro atoms. The fraction of sp³-hybridized carbons (Fsp3) is 0.462. The molecule has 4 heteroatoms. The second-order valence-electron chi connectivity index (χ2n) is 4.13. The highest BCUT2D eigenvalue weighted by Crippen LogP contribution is 2.19. The molecule has 0 fully saturated rings. The fourth-order valence-electron chi connectivity index (χ4n) is 1.44. The van der Waals surface area contributed by atoms with Crippen molar-refractivity contribution in [2.24, 2.45) is 11.7 Å². The van der Waals surface area contributed by atoms with Crippen LogP contribution in [-0.2, 0) is 4.79 Å². The molecule has 0 saturated carbocycles. The molecule has 0 aliphatic rings. The Kier molecular flexibility index (Phi) is 5.51. The van der Waals surface area contributed by atoms with Gasteiger partial charge >= 0.3 is 0 Å². The molecule has 3 N–H and O–H groups in total. The SMILES string of the molecule is CCC(C)[C@H](N)C(=O)Nc1cccc(SC)c1. The predicted molar refractivity (Wildman–Crippen MR) is 74.3 cm³/mol. The molecule has 1 amide bonds. The van der Waals surface area contributed by atoms with Gasteiger partial charge < -0.3 is 11.1 Å². The van der Waals surface area contributed by atoms with Crippen molar-refractivity contribution < 1.29 is 4.79 Å². The number of hydrogen-bond acceptors (Lipinski definition) is 3. The van der Waals surface area contributed by atoms with Crippen molar-refractivity contribution in [3.63, 3.8) is 0 Å². The molecule has 0 saturated heterocycles. The maximum atomic E-state index is 11.9. The van der Waals surface area contributed by atoms with Crippen LogP contribution in [0.1, 0.15) is 20.3 Å². The van der Waals surface area contributed by atoms with Crippen LogP contribution in [0.3, 0.4) is 0 Å². The zero-order valence-electron chi connectivity index (χ0n) is 10.6. The van der Waals surface area contributed by atoms with E-state index < -0.39 is 6.04 Å². The van der Waals surface area contributed by atoms with Crippen LogP contribution in [0.15, 0.2) is 29.2 Å². The molecule has 94 valence electrons. The minimum atomic E-state index is -0.446. The van der Waals surface area contributed by atoms with E-state index in [2.05, 4.69) is 5.32 Å². The average molecular weight is 252 g/mol. The van der Waals surface area contributed by atoms with Crippen LogP contribution in [0, 0.1) is 5.92 Å². The lowest BCUT2D eigenvalue weighted by Gasteiger charge is -2.17. The molecule has 0 aliphatic carbocycles. The summed E-state index contributed by atoms with van der Waals surface area (Å²) in [6, 6.07) is 7.32. The van der Waals surface area contributed by atoms with Gasteiger partial charge in [0.2, 0.25) is 5.91 Å². The molecular formula is C13H20N2OS. The van der Waals surface area contributed by atoms with Crippen LogP contribution in [0.4, 0.5) is 5.69 Å². The Labute approximate surface area is 107 Å². The monoisotopic (exact) mass is 252 g/mol. The minimum Gasteiger partial charge on any atom is -0.325 e. The summed E-state index contributed by atoms with van der Waals surface area (Å²) >= 11 is 1.65. The number of nitrogens with one attached hydrogen (secondary N) is 1. The van der Waals surface area contributed by atoms with E-state index in [9.17, 15) is 4.79 Å². The quantitative estimate of drug-likeness (QED) is 0.792. The molecule has 1 aromatic carbocycles. The van der Waals surface area contributed by atoms with Gasteiger partial charge in [0, 0.05) is 10.6 Å². The van der Waals surface area contributed by atoms with Crippen LogP contribution in [-0.4, -0.2) is 18.2 Å². The summed E-state index contributed by atoms with van der Waals surface area (Å²) in [5.41, 5.74) is 6.68. The van der Waals surface area contributed by atoms with E-state index in [1.54, 1.807) is 11.8 Å². The predicted octanol–water partition coefficient (Wildman–Crippen LogP) is 2.72. The zero-order chi connectivity index (χ0) is 12.8. The number of nitrogens with two attached hydrogens (primary N) is 1. The van der Waals surface area contributed by atoms with Crippen molar-refractivity contribution in [2.45, 2.75) is 31.2 Å². The third-order valence-electron chi connectivity index (χ3n) is 2.90. The largest absolute Gasteiger partial charge is 0.325 e. The maximum absolute atomic E-state index is 11.9. The molecule has 17 heavy (non-hydrogen) atoms. The van der Waals surface area contributed by atoms with Gasteiger partial charge in [-0.25, -0.2) is 0 Å². The summed E-state index contributed by atoms with van der Waals surface area (Å²) in [5, 5.41) is 2.85. The molecule has 1 unspecified atom stereocenters. The number of carbonyl (C=O) groups is 1. The number of hydrogen-bond donors (Lipinski definition) is 2. The van der Waals surface area contributed by atoms with E-state index in [-0.39, 0.29) is 11.8 Å². The van der Waals surface area contributed by atoms with Crippen LogP contribution in [0.2, 0.25) is 0 Å². The summed E-state index contributed by atoms with van der Waals surface area (Å²) in [7, 11) is 0. The lowest BCUT2D eigenvalue weighted by Crippen LogP contribution is -2.40. The molecule has 1 rings (SSSR count). The Bertz CT molecular complexity index is 381. The molecule has 0 radical (unpaired) electrons. The molecule has 0 bridgehead atoms. The van der Waals surface area contributed by atoms with E-state index in [1.165, 1.54) is 0 Å². The van der Waals surface area contributed by atoms with E-state index >= 15 is 0 Å². The molecule has 1 aromatic rings. The van der Waals surface area contributed by atoms with Crippen molar-refractivity contribution in [3.05, 3.63) is 24.3 Å². The van der Waals surface area contributed by atoms with E-state index in [1.807, 2.05) is 44.4 Å². The van der Waals surface area contributed by atoms with E-state index in [4.69, 9.17) is 5.73 Å². The van der Waals surface area contributed by atoms with E-state index in [0.29, 0.717) is 0 Å². The Morgan fingerprint density at radius 3 is 2.82 bits per heavy atom. The highest BCUT2D eigenvalue weighted by molar-refractivity contribution is 7.98. The Morgan fingerprint density at radius 2 is 2.24 bits per heavy atom. The topological polar surface area (TPSA) is 55.1 Å². The van der Waals surface area contributed by atoms with Crippen LogP contribution in [0.5, 0.6) is 0 Å². The summed E-state index contributed by atoms with van der Waals surface area (Å²) in [6.07, 6.45) is 2.91. The number of rotatable bonds is 5. The van der Waals surface area contributed by atoms with Crippen LogP contribution < -0.4 is 11.1 Å². The smallest absolute Gasteiger partial charge is 0.241 e. The first-order chi connectivity index (χ1) is 8.08. The highest BCUT2D eigenvalue weighted by atomic mass is 32.2. The van der Waals surface area contributed by atoms with Gasteiger partial charge in [-0.3, -0.25) is 4.79 Å². The third kappa shape index (κ3) is 4.06. The van der Waals surface area contributed by atoms with Crippen LogP contribution >= 0.6 is 11.8 Å². The molecule has 0 heterocycles. The van der Waals surface area contributed by atoms with Crippen molar-refractivity contribution in [1.82, 2.24) is 0 Å². The minimum absolute atomic E-state index is 0.113. The molecule has 0 aromatic heterocycles. The molecule has 0 aliphatic heterocycles. The first-order valence-electron chi connectivity index (χ1n) is 5.79. The lowest BCUT2D eigenvalue weighted by atomic mass is 9.99. The lowest BCUT2D eigenvalue weighted by molar-refractivity contribution is -0.118. The Morgan fingerprint density at radius 1 is 1.53 bits per heavy atom. The molecule has 3 nitrogen and oxygen atoms in total. The first-order valence-corrected chi connectivity index (χ1v) is 7.01. The summed E-state index contributed by atoms with van der Waals surface area (Å²) in [5.74, 6) is 0.0799.